The molecule has 0 saturated carbocycles. The lowest BCUT2D eigenvalue weighted by Crippen LogP contribution is -2.24. The fraction of sp³-hybridized carbons (Fsp3) is 0.643. The molecule has 1 amide bonds. The van der Waals surface area contributed by atoms with Gasteiger partial charge in [0.25, 0.3) is 0 Å². The third-order valence-electron chi connectivity index (χ3n) is 2.88. The number of aliphatic hydroxyl groups is 1. The van der Waals surface area contributed by atoms with Crippen molar-refractivity contribution >= 4 is 5.91 Å². The molecule has 1 fully saturated rings. The predicted molar refractivity (Wildman–Crippen MR) is 68.2 cm³/mol. The van der Waals surface area contributed by atoms with E-state index in [9.17, 15) is 9.90 Å². The van der Waals surface area contributed by atoms with Gasteiger partial charge in [-0.3, -0.25) is 4.79 Å². The second-order valence-electron chi connectivity index (χ2n) is 4.48. The minimum Gasteiger partial charge on any atom is -0.389 e. The minimum absolute atomic E-state index is 0.0890. The van der Waals surface area contributed by atoms with E-state index in [0.717, 1.165) is 12.8 Å². The quantitative estimate of drug-likeness (QED) is 0.574. The summed E-state index contributed by atoms with van der Waals surface area (Å²) in [6.45, 7) is 3.99. The van der Waals surface area contributed by atoms with E-state index in [1.54, 1.807) is 6.08 Å². The first-order valence-electron chi connectivity index (χ1n) is 6.25. The summed E-state index contributed by atoms with van der Waals surface area (Å²) < 4.78 is 0. The van der Waals surface area contributed by atoms with E-state index in [-0.39, 0.29) is 17.9 Å². The Morgan fingerprint density at radius 3 is 2.94 bits per heavy atom. The maximum absolute atomic E-state index is 11.0. The monoisotopic (exact) mass is 235 g/mol. The average Bonchev–Trinajstić information content (AvgIpc) is 2.72. The van der Waals surface area contributed by atoms with Crippen LogP contribution in [0.3, 0.4) is 0 Å². The zero-order chi connectivity index (χ0) is 12.7. The molecule has 0 aromatic heterocycles. The third-order valence-corrected chi connectivity index (χ3v) is 2.88. The van der Waals surface area contributed by atoms with Gasteiger partial charge in [0.15, 0.2) is 0 Å². The van der Waals surface area contributed by atoms with Crippen LogP contribution < -0.4 is 5.32 Å². The van der Waals surface area contributed by atoms with Gasteiger partial charge < -0.3 is 10.4 Å². The molecule has 0 spiro atoms. The normalized spacial score (nSPS) is 23.0. The molecule has 1 unspecified atom stereocenters. The summed E-state index contributed by atoms with van der Waals surface area (Å²) in [5.74, 6) is 6.25. The first kappa shape index (κ1) is 13.8. The molecule has 0 aromatic carbocycles. The van der Waals surface area contributed by atoms with Crippen LogP contribution in [-0.4, -0.2) is 23.2 Å². The Kier molecular flexibility index (Phi) is 5.79. The van der Waals surface area contributed by atoms with Crippen molar-refractivity contribution in [1.29, 1.82) is 0 Å². The molecule has 0 aromatic rings. The number of rotatable bonds is 4. The summed E-state index contributed by atoms with van der Waals surface area (Å²) in [4.78, 5) is 11.0. The van der Waals surface area contributed by atoms with Gasteiger partial charge >= 0.3 is 0 Å². The first-order chi connectivity index (χ1) is 8.13. The summed E-state index contributed by atoms with van der Waals surface area (Å²) >= 11 is 0. The Hall–Kier alpha value is -1.27. The van der Waals surface area contributed by atoms with Gasteiger partial charge in [0.2, 0.25) is 5.91 Å². The highest BCUT2D eigenvalue weighted by Gasteiger charge is 2.18. The van der Waals surface area contributed by atoms with Gasteiger partial charge in [-0.15, -0.1) is 11.8 Å². The third kappa shape index (κ3) is 5.06. The van der Waals surface area contributed by atoms with Gasteiger partial charge in [-0.25, -0.2) is 0 Å². The molecule has 0 bridgehead atoms. The van der Waals surface area contributed by atoms with Crippen molar-refractivity contribution in [3.05, 3.63) is 12.2 Å². The van der Waals surface area contributed by atoms with Gasteiger partial charge in [-0.2, -0.15) is 0 Å². The summed E-state index contributed by atoms with van der Waals surface area (Å²) in [6, 6.07) is 0.0890. The van der Waals surface area contributed by atoms with Crippen molar-refractivity contribution in [3.63, 3.8) is 0 Å². The van der Waals surface area contributed by atoms with E-state index in [4.69, 9.17) is 0 Å². The number of aliphatic hydroxyl groups excluding tert-OH is 1. The lowest BCUT2D eigenvalue weighted by atomic mass is 10.00. The average molecular weight is 235 g/mol. The van der Waals surface area contributed by atoms with Crippen LogP contribution in [-0.2, 0) is 4.79 Å². The molecule has 0 radical (unpaired) electrons. The van der Waals surface area contributed by atoms with Crippen LogP contribution in [0.1, 0.15) is 39.5 Å². The van der Waals surface area contributed by atoms with Gasteiger partial charge in [0.1, 0.15) is 0 Å². The van der Waals surface area contributed by atoms with Gasteiger partial charge in [-0.1, -0.05) is 26.0 Å². The van der Waals surface area contributed by atoms with Crippen LogP contribution in [0.15, 0.2) is 12.2 Å². The highest BCUT2D eigenvalue weighted by Crippen LogP contribution is 2.12. The van der Waals surface area contributed by atoms with Crippen molar-refractivity contribution in [1.82, 2.24) is 5.32 Å². The number of carbonyl (C=O) groups excluding carboxylic acids is 1. The molecule has 1 saturated heterocycles. The Morgan fingerprint density at radius 2 is 2.35 bits per heavy atom. The van der Waals surface area contributed by atoms with Crippen molar-refractivity contribution in [2.45, 2.75) is 51.7 Å². The van der Waals surface area contributed by atoms with Crippen molar-refractivity contribution in [3.8, 4) is 11.8 Å². The van der Waals surface area contributed by atoms with E-state index in [0.29, 0.717) is 12.8 Å². The molecule has 3 atom stereocenters. The molecule has 1 aliphatic rings. The van der Waals surface area contributed by atoms with Crippen LogP contribution in [0.4, 0.5) is 0 Å². The predicted octanol–water partition coefficient (Wildman–Crippen LogP) is 1.62. The maximum atomic E-state index is 11.0. The number of hydrogen-bond donors (Lipinski definition) is 2. The van der Waals surface area contributed by atoms with E-state index < -0.39 is 6.10 Å². The minimum atomic E-state index is -0.487. The Labute approximate surface area is 103 Å². The second kappa shape index (κ2) is 7.13. The van der Waals surface area contributed by atoms with Crippen LogP contribution in [0.5, 0.6) is 0 Å². The highest BCUT2D eigenvalue weighted by atomic mass is 16.3. The number of nitrogens with one attached hydrogen (secondary N) is 1. The van der Waals surface area contributed by atoms with Gasteiger partial charge in [0.05, 0.1) is 6.10 Å². The zero-order valence-electron chi connectivity index (χ0n) is 10.6. The maximum Gasteiger partial charge on any atom is 0.220 e. The van der Waals surface area contributed by atoms with E-state index in [1.165, 1.54) is 0 Å². The molecule has 3 nitrogen and oxygen atoms in total. The van der Waals surface area contributed by atoms with Crippen molar-refractivity contribution in [2.75, 3.05) is 0 Å². The molecule has 94 valence electrons. The molecule has 1 heterocycles. The van der Waals surface area contributed by atoms with Gasteiger partial charge in [0, 0.05) is 25.3 Å². The lowest BCUT2D eigenvalue weighted by Gasteiger charge is -2.13. The zero-order valence-corrected chi connectivity index (χ0v) is 10.6. The van der Waals surface area contributed by atoms with Crippen LogP contribution in [0.25, 0.3) is 0 Å². The number of carbonyl (C=O) groups is 1. The number of hydrogen-bond acceptors (Lipinski definition) is 2. The van der Waals surface area contributed by atoms with Crippen LogP contribution in [0.2, 0.25) is 0 Å². The Balaban J connectivity index is 2.34. The van der Waals surface area contributed by atoms with Gasteiger partial charge in [-0.05, 0) is 12.3 Å². The first-order valence-corrected chi connectivity index (χ1v) is 6.25. The molecule has 17 heavy (non-hydrogen) atoms. The topological polar surface area (TPSA) is 49.3 Å². The Bertz CT molecular complexity index is 338. The fourth-order valence-corrected chi connectivity index (χ4v) is 1.70. The number of amides is 1. The molecule has 1 aliphatic heterocycles. The summed E-state index contributed by atoms with van der Waals surface area (Å²) in [7, 11) is 0. The molecule has 1 rings (SSSR count). The fourth-order valence-electron chi connectivity index (χ4n) is 1.70. The smallest absolute Gasteiger partial charge is 0.220 e. The summed E-state index contributed by atoms with van der Waals surface area (Å²) in [5.41, 5.74) is 0. The molecule has 0 aliphatic carbocycles. The second-order valence-corrected chi connectivity index (χ2v) is 4.48. The molecular formula is C14H21NO2. The Morgan fingerprint density at radius 1 is 1.59 bits per heavy atom. The van der Waals surface area contributed by atoms with Crippen molar-refractivity contribution in [2.24, 2.45) is 5.92 Å². The van der Waals surface area contributed by atoms with Crippen molar-refractivity contribution < 1.29 is 9.90 Å². The molecular weight excluding hydrogens is 214 g/mol. The molecule has 3 heteroatoms. The summed E-state index contributed by atoms with van der Waals surface area (Å²) in [5, 5.41) is 12.7. The van der Waals surface area contributed by atoms with Crippen LogP contribution in [0, 0.1) is 17.8 Å². The largest absolute Gasteiger partial charge is 0.389 e. The SMILES string of the molecule is CCC#CCC(C)[C@H](O)/C=C/[C@H]1CCC(=O)N1. The molecule has 2 N–H and O–H groups in total. The summed E-state index contributed by atoms with van der Waals surface area (Å²) in [6.07, 6.45) is 6.14. The van der Waals surface area contributed by atoms with E-state index in [1.807, 2.05) is 19.9 Å². The van der Waals surface area contributed by atoms with E-state index >= 15 is 0 Å². The van der Waals surface area contributed by atoms with Crippen LogP contribution >= 0.6 is 0 Å². The van der Waals surface area contributed by atoms with E-state index in [2.05, 4.69) is 17.2 Å². The highest BCUT2D eigenvalue weighted by molar-refractivity contribution is 5.78. The standard InChI is InChI=1S/C14H21NO2/c1-3-4-5-6-11(2)13(16)9-7-12-8-10-14(17)15-12/h7,9,11-13,16H,3,6,8,10H2,1-2H3,(H,15,17)/b9-7+/t11?,12-,13+/m0/s1. The lowest BCUT2D eigenvalue weighted by molar-refractivity contribution is -0.119.